The Labute approximate surface area is 113 Å². The minimum absolute atomic E-state index is 0.213. The first-order chi connectivity index (χ1) is 9.38. The van der Waals surface area contributed by atoms with Crippen LogP contribution in [-0.2, 0) is 17.7 Å². The summed E-state index contributed by atoms with van der Waals surface area (Å²) in [6.07, 6.45) is 5.24. The monoisotopic (exact) mass is 259 g/mol. The lowest BCUT2D eigenvalue weighted by Gasteiger charge is -2.22. The standard InChI is InChI=1S/C16H21NO2/c18-9-5-14-2-1-3-16-15(14)4-8-17(16)12-13-6-10-19-11-7-13/h1-4,8,13,18H,5-7,9-12H2. The van der Waals surface area contributed by atoms with Crippen molar-refractivity contribution in [2.24, 2.45) is 5.92 Å². The maximum absolute atomic E-state index is 9.13. The minimum Gasteiger partial charge on any atom is -0.396 e. The molecule has 3 rings (SSSR count). The number of benzene rings is 1. The lowest BCUT2D eigenvalue weighted by atomic mass is 10.0. The highest BCUT2D eigenvalue weighted by Crippen LogP contribution is 2.24. The molecule has 0 aliphatic carbocycles. The van der Waals surface area contributed by atoms with Gasteiger partial charge in [0.1, 0.15) is 0 Å². The number of hydrogen-bond donors (Lipinski definition) is 1. The number of hydrogen-bond acceptors (Lipinski definition) is 2. The van der Waals surface area contributed by atoms with E-state index in [0.717, 1.165) is 44.9 Å². The average molecular weight is 259 g/mol. The van der Waals surface area contributed by atoms with E-state index in [1.165, 1.54) is 16.5 Å². The van der Waals surface area contributed by atoms with Gasteiger partial charge in [-0.05, 0) is 42.9 Å². The molecule has 0 radical (unpaired) electrons. The second kappa shape index (κ2) is 5.76. The molecule has 19 heavy (non-hydrogen) atoms. The number of ether oxygens (including phenoxy) is 1. The zero-order chi connectivity index (χ0) is 13.1. The molecule has 102 valence electrons. The molecule has 1 aliphatic heterocycles. The molecule has 0 unspecified atom stereocenters. The van der Waals surface area contributed by atoms with Crippen LogP contribution < -0.4 is 0 Å². The summed E-state index contributed by atoms with van der Waals surface area (Å²) in [7, 11) is 0. The van der Waals surface area contributed by atoms with Crippen molar-refractivity contribution in [2.45, 2.75) is 25.8 Å². The molecule has 1 aromatic heterocycles. The van der Waals surface area contributed by atoms with Crippen molar-refractivity contribution < 1.29 is 9.84 Å². The van der Waals surface area contributed by atoms with E-state index < -0.39 is 0 Å². The van der Waals surface area contributed by atoms with Crippen LogP contribution in [0.2, 0.25) is 0 Å². The third-order valence-electron chi connectivity index (χ3n) is 4.08. The zero-order valence-electron chi connectivity index (χ0n) is 11.2. The second-order valence-electron chi connectivity index (χ2n) is 5.35. The third kappa shape index (κ3) is 2.67. The Hall–Kier alpha value is -1.32. The summed E-state index contributed by atoms with van der Waals surface area (Å²) < 4.78 is 7.77. The van der Waals surface area contributed by atoms with Gasteiger partial charge in [-0.3, -0.25) is 0 Å². The molecule has 0 atom stereocenters. The van der Waals surface area contributed by atoms with E-state index >= 15 is 0 Å². The van der Waals surface area contributed by atoms with Gasteiger partial charge in [0.15, 0.2) is 0 Å². The Morgan fingerprint density at radius 2 is 2.05 bits per heavy atom. The van der Waals surface area contributed by atoms with Crippen LogP contribution in [0.1, 0.15) is 18.4 Å². The molecule has 0 spiro atoms. The van der Waals surface area contributed by atoms with Gasteiger partial charge < -0.3 is 14.4 Å². The summed E-state index contributed by atoms with van der Waals surface area (Å²) >= 11 is 0. The van der Waals surface area contributed by atoms with E-state index in [2.05, 4.69) is 35.0 Å². The Morgan fingerprint density at radius 3 is 2.84 bits per heavy atom. The molecule has 3 nitrogen and oxygen atoms in total. The molecule has 1 aromatic carbocycles. The van der Waals surface area contributed by atoms with Crippen LogP contribution in [0.5, 0.6) is 0 Å². The minimum atomic E-state index is 0.213. The highest BCUT2D eigenvalue weighted by atomic mass is 16.5. The normalized spacial score (nSPS) is 17.1. The van der Waals surface area contributed by atoms with Crippen molar-refractivity contribution in [3.8, 4) is 0 Å². The molecule has 3 heteroatoms. The molecular weight excluding hydrogens is 238 g/mol. The Morgan fingerprint density at radius 1 is 1.21 bits per heavy atom. The van der Waals surface area contributed by atoms with E-state index in [4.69, 9.17) is 9.84 Å². The average Bonchev–Trinajstić information content (AvgIpc) is 2.85. The number of aliphatic hydroxyl groups excluding tert-OH is 1. The number of aromatic nitrogens is 1. The summed E-state index contributed by atoms with van der Waals surface area (Å²) in [6, 6.07) is 8.56. The zero-order valence-corrected chi connectivity index (χ0v) is 11.2. The van der Waals surface area contributed by atoms with Crippen LogP contribution in [0.15, 0.2) is 30.5 Å². The van der Waals surface area contributed by atoms with Crippen molar-refractivity contribution in [3.63, 3.8) is 0 Å². The van der Waals surface area contributed by atoms with E-state index in [1.54, 1.807) is 0 Å². The maximum Gasteiger partial charge on any atom is 0.0483 e. The summed E-state index contributed by atoms with van der Waals surface area (Å²) in [4.78, 5) is 0. The predicted molar refractivity (Wildman–Crippen MR) is 76.3 cm³/mol. The van der Waals surface area contributed by atoms with Crippen LogP contribution in [-0.4, -0.2) is 29.5 Å². The van der Waals surface area contributed by atoms with E-state index in [9.17, 15) is 0 Å². The number of rotatable bonds is 4. The largest absolute Gasteiger partial charge is 0.396 e. The van der Waals surface area contributed by atoms with Crippen LogP contribution in [0.3, 0.4) is 0 Å². The molecule has 1 aliphatic rings. The Bertz CT molecular complexity index is 541. The SMILES string of the molecule is OCCc1cccc2c1ccn2CC1CCOCC1. The molecular formula is C16H21NO2. The Balaban J connectivity index is 1.85. The van der Waals surface area contributed by atoms with Gasteiger partial charge in [-0.2, -0.15) is 0 Å². The van der Waals surface area contributed by atoms with Gasteiger partial charge in [0.05, 0.1) is 0 Å². The number of aliphatic hydroxyl groups is 1. The van der Waals surface area contributed by atoms with Gasteiger partial charge >= 0.3 is 0 Å². The van der Waals surface area contributed by atoms with Crippen molar-refractivity contribution in [1.82, 2.24) is 4.57 Å². The van der Waals surface area contributed by atoms with Crippen molar-refractivity contribution in [2.75, 3.05) is 19.8 Å². The van der Waals surface area contributed by atoms with Gasteiger partial charge in [0, 0.05) is 43.5 Å². The van der Waals surface area contributed by atoms with Gasteiger partial charge in [-0.25, -0.2) is 0 Å². The summed E-state index contributed by atoms with van der Waals surface area (Å²) in [5, 5.41) is 10.4. The molecule has 0 bridgehead atoms. The molecule has 1 N–H and O–H groups in total. The van der Waals surface area contributed by atoms with Crippen molar-refractivity contribution in [3.05, 3.63) is 36.0 Å². The molecule has 0 amide bonds. The first kappa shape index (κ1) is 12.7. The van der Waals surface area contributed by atoms with Gasteiger partial charge in [-0.1, -0.05) is 12.1 Å². The lowest BCUT2D eigenvalue weighted by molar-refractivity contribution is 0.0616. The summed E-state index contributed by atoms with van der Waals surface area (Å²) in [5.74, 6) is 0.728. The lowest BCUT2D eigenvalue weighted by Crippen LogP contribution is -2.20. The maximum atomic E-state index is 9.13. The second-order valence-corrected chi connectivity index (χ2v) is 5.35. The van der Waals surface area contributed by atoms with Gasteiger partial charge in [0.2, 0.25) is 0 Å². The van der Waals surface area contributed by atoms with Crippen LogP contribution in [0, 0.1) is 5.92 Å². The highest BCUT2D eigenvalue weighted by Gasteiger charge is 2.15. The molecule has 1 saturated heterocycles. The summed E-state index contributed by atoms with van der Waals surface area (Å²) in [5.41, 5.74) is 2.53. The van der Waals surface area contributed by atoms with Crippen LogP contribution in [0.25, 0.3) is 10.9 Å². The fourth-order valence-corrected chi connectivity index (χ4v) is 2.99. The summed E-state index contributed by atoms with van der Waals surface area (Å²) in [6.45, 7) is 3.10. The Kier molecular flexibility index (Phi) is 3.85. The molecule has 1 fully saturated rings. The van der Waals surface area contributed by atoms with E-state index in [-0.39, 0.29) is 6.61 Å². The first-order valence-corrected chi connectivity index (χ1v) is 7.14. The molecule has 2 aromatic rings. The quantitative estimate of drug-likeness (QED) is 0.916. The van der Waals surface area contributed by atoms with Gasteiger partial charge in [-0.15, -0.1) is 0 Å². The molecule has 0 saturated carbocycles. The van der Waals surface area contributed by atoms with Crippen LogP contribution >= 0.6 is 0 Å². The van der Waals surface area contributed by atoms with E-state index in [1.807, 2.05) is 0 Å². The van der Waals surface area contributed by atoms with Crippen molar-refractivity contribution in [1.29, 1.82) is 0 Å². The predicted octanol–water partition coefficient (Wildman–Crippen LogP) is 2.60. The van der Waals surface area contributed by atoms with Crippen molar-refractivity contribution >= 4 is 10.9 Å². The number of fused-ring (bicyclic) bond motifs is 1. The third-order valence-corrected chi connectivity index (χ3v) is 4.08. The van der Waals surface area contributed by atoms with E-state index in [0.29, 0.717) is 0 Å². The fourth-order valence-electron chi connectivity index (χ4n) is 2.99. The first-order valence-electron chi connectivity index (χ1n) is 7.14. The van der Waals surface area contributed by atoms with Gasteiger partial charge in [0.25, 0.3) is 0 Å². The molecule has 2 heterocycles. The highest BCUT2D eigenvalue weighted by molar-refractivity contribution is 5.83. The number of nitrogens with zero attached hydrogens (tertiary/aromatic N) is 1. The smallest absolute Gasteiger partial charge is 0.0483 e. The fraction of sp³-hybridized carbons (Fsp3) is 0.500. The topological polar surface area (TPSA) is 34.4 Å². The van der Waals surface area contributed by atoms with Crippen LogP contribution in [0.4, 0.5) is 0 Å².